The maximum absolute atomic E-state index is 3.42. The van der Waals surface area contributed by atoms with Crippen LogP contribution in [0.1, 0.15) is 19.8 Å². The Morgan fingerprint density at radius 2 is 2.40 bits per heavy atom. The zero-order valence-corrected chi connectivity index (χ0v) is 7.04. The van der Waals surface area contributed by atoms with Gasteiger partial charge in [0, 0.05) is 13.1 Å². The molecule has 60 valence electrons. The molecule has 0 saturated carbocycles. The van der Waals surface area contributed by atoms with Crippen LogP contribution in [0.4, 0.5) is 0 Å². The fourth-order valence-electron chi connectivity index (χ4n) is 1.70. The molecule has 1 atom stereocenters. The molecule has 0 unspecified atom stereocenters. The summed E-state index contributed by atoms with van der Waals surface area (Å²) in [6.45, 7) is 5.86. The van der Waals surface area contributed by atoms with E-state index >= 15 is 0 Å². The molecule has 2 N–H and O–H groups in total. The Morgan fingerprint density at radius 3 is 2.90 bits per heavy atom. The molecule has 0 aromatic carbocycles. The van der Waals surface area contributed by atoms with Gasteiger partial charge in [0.25, 0.3) is 0 Å². The molecule has 1 aliphatic rings. The predicted molar refractivity (Wildman–Crippen MR) is 44.1 cm³/mol. The number of hydrogen-bond donors (Lipinski definition) is 2. The second-order valence-corrected chi connectivity index (χ2v) is 3.62. The van der Waals surface area contributed by atoms with E-state index in [-0.39, 0.29) is 0 Å². The van der Waals surface area contributed by atoms with Crippen LogP contribution in [0.25, 0.3) is 0 Å². The molecule has 0 aromatic rings. The Hall–Kier alpha value is -0.0800. The summed E-state index contributed by atoms with van der Waals surface area (Å²) in [7, 11) is 2.03. The molecule has 0 aromatic heterocycles. The molecule has 1 saturated heterocycles. The van der Waals surface area contributed by atoms with Crippen LogP contribution in [0, 0.1) is 5.41 Å². The fourth-order valence-corrected chi connectivity index (χ4v) is 1.70. The zero-order chi connectivity index (χ0) is 7.45. The number of nitrogens with one attached hydrogen (secondary N) is 2. The molecule has 0 amide bonds. The molecule has 2 nitrogen and oxygen atoms in total. The highest BCUT2D eigenvalue weighted by atomic mass is 14.9. The van der Waals surface area contributed by atoms with Gasteiger partial charge in [-0.25, -0.2) is 0 Å². The fraction of sp³-hybridized carbons (Fsp3) is 1.00. The van der Waals surface area contributed by atoms with Crippen LogP contribution in [0.15, 0.2) is 0 Å². The standard InChI is InChI=1S/C8H18N2/c1-8(6-9-2)4-3-5-10-7-8/h9-10H,3-7H2,1-2H3/t8-/m1/s1. The van der Waals surface area contributed by atoms with Crippen LogP contribution in [-0.2, 0) is 0 Å². The molecule has 1 aliphatic heterocycles. The molecule has 2 heteroatoms. The minimum atomic E-state index is 0.507. The van der Waals surface area contributed by atoms with Crippen LogP contribution >= 0.6 is 0 Å². The lowest BCUT2D eigenvalue weighted by atomic mass is 9.83. The third kappa shape index (κ3) is 1.96. The van der Waals surface area contributed by atoms with Crippen LogP contribution in [0.3, 0.4) is 0 Å². The van der Waals surface area contributed by atoms with E-state index in [0.29, 0.717) is 5.41 Å². The van der Waals surface area contributed by atoms with Crippen molar-refractivity contribution in [3.8, 4) is 0 Å². The molecule has 0 bridgehead atoms. The van der Waals surface area contributed by atoms with Crippen molar-refractivity contribution < 1.29 is 0 Å². The SMILES string of the molecule is CNC[C@@]1(C)CCCNC1. The van der Waals surface area contributed by atoms with Crippen LogP contribution in [0.5, 0.6) is 0 Å². The second kappa shape index (κ2) is 3.35. The van der Waals surface area contributed by atoms with E-state index in [0.717, 1.165) is 6.54 Å². The van der Waals surface area contributed by atoms with Gasteiger partial charge in [0.05, 0.1) is 0 Å². The summed E-state index contributed by atoms with van der Waals surface area (Å²) in [5.74, 6) is 0. The quantitative estimate of drug-likeness (QED) is 0.590. The Bertz CT molecular complexity index is 89.9. The summed E-state index contributed by atoms with van der Waals surface area (Å²) in [6, 6.07) is 0. The Morgan fingerprint density at radius 1 is 1.60 bits per heavy atom. The van der Waals surface area contributed by atoms with E-state index in [4.69, 9.17) is 0 Å². The van der Waals surface area contributed by atoms with Crippen molar-refractivity contribution in [1.82, 2.24) is 10.6 Å². The molecular formula is C8H18N2. The first-order valence-electron chi connectivity index (χ1n) is 4.12. The maximum Gasteiger partial charge on any atom is 0.00173 e. The highest BCUT2D eigenvalue weighted by molar-refractivity contribution is 4.82. The van der Waals surface area contributed by atoms with Gasteiger partial charge in [-0.05, 0) is 31.8 Å². The van der Waals surface area contributed by atoms with Gasteiger partial charge >= 0.3 is 0 Å². The molecule has 1 fully saturated rings. The first-order chi connectivity index (χ1) is 4.77. The van der Waals surface area contributed by atoms with Crippen molar-refractivity contribution in [3.05, 3.63) is 0 Å². The van der Waals surface area contributed by atoms with Crippen molar-refractivity contribution in [2.45, 2.75) is 19.8 Å². The van der Waals surface area contributed by atoms with Gasteiger partial charge in [-0.2, -0.15) is 0 Å². The summed E-state index contributed by atoms with van der Waals surface area (Å²) in [5.41, 5.74) is 0.507. The molecule has 0 spiro atoms. The van der Waals surface area contributed by atoms with E-state index in [1.807, 2.05) is 7.05 Å². The topological polar surface area (TPSA) is 24.1 Å². The molecule has 0 aliphatic carbocycles. The first-order valence-corrected chi connectivity index (χ1v) is 4.12. The average Bonchev–Trinajstić information content (AvgIpc) is 1.89. The third-order valence-electron chi connectivity index (χ3n) is 2.29. The normalized spacial score (nSPS) is 34.2. The highest BCUT2D eigenvalue weighted by Crippen LogP contribution is 2.23. The van der Waals surface area contributed by atoms with Crippen molar-refractivity contribution >= 4 is 0 Å². The zero-order valence-electron chi connectivity index (χ0n) is 7.04. The lowest BCUT2D eigenvalue weighted by Crippen LogP contribution is -2.43. The Balaban J connectivity index is 2.32. The number of rotatable bonds is 2. The highest BCUT2D eigenvalue weighted by Gasteiger charge is 2.25. The smallest absolute Gasteiger partial charge is 0.00173 e. The summed E-state index contributed by atoms with van der Waals surface area (Å²) >= 11 is 0. The van der Waals surface area contributed by atoms with E-state index in [1.165, 1.54) is 25.9 Å². The number of piperidine rings is 1. The molecule has 0 radical (unpaired) electrons. The van der Waals surface area contributed by atoms with Crippen molar-refractivity contribution in [2.75, 3.05) is 26.7 Å². The van der Waals surface area contributed by atoms with E-state index < -0.39 is 0 Å². The van der Waals surface area contributed by atoms with Gasteiger partial charge in [0.15, 0.2) is 0 Å². The largest absolute Gasteiger partial charge is 0.319 e. The lowest BCUT2D eigenvalue weighted by molar-refractivity contribution is 0.232. The van der Waals surface area contributed by atoms with Gasteiger partial charge in [0.1, 0.15) is 0 Å². The van der Waals surface area contributed by atoms with Gasteiger partial charge in [-0.15, -0.1) is 0 Å². The van der Waals surface area contributed by atoms with Crippen molar-refractivity contribution in [2.24, 2.45) is 5.41 Å². The van der Waals surface area contributed by atoms with Crippen molar-refractivity contribution in [1.29, 1.82) is 0 Å². The molecular weight excluding hydrogens is 124 g/mol. The lowest BCUT2D eigenvalue weighted by Gasteiger charge is -2.33. The molecule has 1 rings (SSSR count). The summed E-state index contributed by atoms with van der Waals surface area (Å²) < 4.78 is 0. The minimum absolute atomic E-state index is 0.507. The van der Waals surface area contributed by atoms with Gasteiger partial charge in [-0.1, -0.05) is 6.92 Å². The molecule has 1 heterocycles. The maximum atomic E-state index is 3.42. The Labute approximate surface area is 63.4 Å². The summed E-state index contributed by atoms with van der Waals surface area (Å²) in [6.07, 6.45) is 2.69. The van der Waals surface area contributed by atoms with E-state index in [1.54, 1.807) is 0 Å². The van der Waals surface area contributed by atoms with Crippen molar-refractivity contribution in [3.63, 3.8) is 0 Å². The predicted octanol–water partition coefficient (Wildman–Crippen LogP) is 0.595. The van der Waals surface area contributed by atoms with Crippen LogP contribution < -0.4 is 10.6 Å². The molecule has 10 heavy (non-hydrogen) atoms. The van der Waals surface area contributed by atoms with E-state index in [9.17, 15) is 0 Å². The summed E-state index contributed by atoms with van der Waals surface area (Å²) in [5, 5.41) is 6.66. The number of hydrogen-bond acceptors (Lipinski definition) is 2. The minimum Gasteiger partial charge on any atom is -0.319 e. The van der Waals surface area contributed by atoms with Gasteiger partial charge in [0.2, 0.25) is 0 Å². The second-order valence-electron chi connectivity index (χ2n) is 3.62. The van der Waals surface area contributed by atoms with Gasteiger partial charge in [-0.3, -0.25) is 0 Å². The van der Waals surface area contributed by atoms with E-state index in [2.05, 4.69) is 17.6 Å². The van der Waals surface area contributed by atoms with Crippen LogP contribution in [-0.4, -0.2) is 26.7 Å². The monoisotopic (exact) mass is 142 g/mol. The Kier molecular flexibility index (Phi) is 2.69. The summed E-state index contributed by atoms with van der Waals surface area (Å²) in [4.78, 5) is 0. The average molecular weight is 142 g/mol. The van der Waals surface area contributed by atoms with Crippen LogP contribution in [0.2, 0.25) is 0 Å². The van der Waals surface area contributed by atoms with Gasteiger partial charge < -0.3 is 10.6 Å². The third-order valence-corrected chi connectivity index (χ3v) is 2.29. The first kappa shape index (κ1) is 8.02.